The highest BCUT2D eigenvalue weighted by Crippen LogP contribution is 2.54. The Balaban J connectivity index is 1.22. The van der Waals surface area contributed by atoms with Gasteiger partial charge in [0.2, 0.25) is 5.91 Å². The molecule has 2 bridgehead atoms. The van der Waals surface area contributed by atoms with E-state index in [1.165, 1.54) is 34.9 Å². The van der Waals surface area contributed by atoms with E-state index in [1.54, 1.807) is 0 Å². The quantitative estimate of drug-likeness (QED) is 0.629. The van der Waals surface area contributed by atoms with Crippen LogP contribution >= 0.6 is 0 Å². The molecule has 2 aromatic heterocycles. The minimum atomic E-state index is 0.0107. The van der Waals surface area contributed by atoms with Crippen LogP contribution in [0, 0.1) is 0 Å². The van der Waals surface area contributed by atoms with Gasteiger partial charge >= 0.3 is 0 Å². The van der Waals surface area contributed by atoms with E-state index in [4.69, 9.17) is 0 Å². The Morgan fingerprint density at radius 1 is 1.29 bits per heavy atom. The first-order valence-corrected chi connectivity index (χ1v) is 11.7. The molecule has 4 fully saturated rings. The summed E-state index contributed by atoms with van der Waals surface area (Å²) in [5.41, 5.74) is 3.97. The summed E-state index contributed by atoms with van der Waals surface area (Å²) in [5, 5.41) is 16.3. The molecule has 1 aromatic carbocycles. The second-order valence-corrected chi connectivity index (χ2v) is 10.0. The molecule has 162 valence electrons. The van der Waals surface area contributed by atoms with Crippen molar-refractivity contribution in [1.29, 1.82) is 0 Å². The first kappa shape index (κ1) is 19.0. The molecule has 2 aliphatic carbocycles. The van der Waals surface area contributed by atoms with Crippen molar-refractivity contribution >= 4 is 16.8 Å². The van der Waals surface area contributed by atoms with Crippen LogP contribution in [0.25, 0.3) is 10.9 Å². The molecular formula is C24H30N6O. The fourth-order valence-corrected chi connectivity index (χ4v) is 6.30. The molecule has 2 atom stereocenters. The minimum Gasteiger partial charge on any atom is -0.361 e. The van der Waals surface area contributed by atoms with Gasteiger partial charge in [-0.25, -0.2) is 0 Å². The molecule has 1 amide bonds. The van der Waals surface area contributed by atoms with Crippen molar-refractivity contribution in [2.24, 2.45) is 0 Å². The summed E-state index contributed by atoms with van der Waals surface area (Å²) >= 11 is 0. The molecular weight excluding hydrogens is 388 g/mol. The number of carbonyl (C=O) groups is 1. The number of benzene rings is 1. The number of nitrogens with zero attached hydrogens (tertiary/aromatic N) is 4. The van der Waals surface area contributed by atoms with Crippen LogP contribution in [0.4, 0.5) is 0 Å². The molecule has 0 spiro atoms. The molecule has 7 heteroatoms. The standard InChI is InChI=1S/C24H30N6O/c1-3-16-10-24(23-26-28-29-27-23)11-17(12-24)30(16)21(31)9-14(2)19-13-25-20-6-4-5-18(22(19)20)15-7-8-15/h4-6,13-17,25H,3,7-12H2,1-2H3,(H,26,27,28,29). The molecule has 7 rings (SSSR count). The number of aromatic nitrogens is 5. The van der Waals surface area contributed by atoms with Crippen LogP contribution < -0.4 is 0 Å². The maximum absolute atomic E-state index is 13.5. The van der Waals surface area contributed by atoms with E-state index in [0.29, 0.717) is 24.3 Å². The average molecular weight is 419 g/mol. The third-order valence-electron chi connectivity index (χ3n) is 8.04. The van der Waals surface area contributed by atoms with Crippen LogP contribution in [0.3, 0.4) is 0 Å². The first-order valence-electron chi connectivity index (χ1n) is 11.7. The lowest BCUT2D eigenvalue weighted by Gasteiger charge is -2.59. The third kappa shape index (κ3) is 2.92. The second kappa shape index (κ2) is 6.90. The van der Waals surface area contributed by atoms with E-state index in [0.717, 1.165) is 31.5 Å². The van der Waals surface area contributed by atoms with Crippen molar-refractivity contribution in [3.8, 4) is 0 Å². The van der Waals surface area contributed by atoms with Gasteiger partial charge in [-0.1, -0.05) is 31.2 Å². The van der Waals surface area contributed by atoms with Crippen LogP contribution in [0.1, 0.15) is 87.6 Å². The minimum absolute atomic E-state index is 0.0107. The third-order valence-corrected chi connectivity index (χ3v) is 8.04. The van der Waals surface area contributed by atoms with E-state index in [-0.39, 0.29) is 17.4 Å². The second-order valence-electron chi connectivity index (χ2n) is 10.0. The number of carbonyl (C=O) groups excluding carboxylic acids is 1. The van der Waals surface area contributed by atoms with Gasteiger partial charge < -0.3 is 9.88 Å². The summed E-state index contributed by atoms with van der Waals surface area (Å²) in [4.78, 5) is 19.2. The number of aromatic amines is 2. The van der Waals surface area contributed by atoms with Gasteiger partial charge in [0.15, 0.2) is 5.82 Å². The van der Waals surface area contributed by atoms with Crippen molar-refractivity contribution in [1.82, 2.24) is 30.5 Å². The molecule has 31 heavy (non-hydrogen) atoms. The fraction of sp³-hybridized carbons (Fsp3) is 0.583. The molecule has 3 aromatic rings. The Kier molecular flexibility index (Phi) is 4.24. The summed E-state index contributed by atoms with van der Waals surface area (Å²) < 4.78 is 0. The van der Waals surface area contributed by atoms with Crippen LogP contribution in [0.2, 0.25) is 0 Å². The number of hydrogen-bond acceptors (Lipinski definition) is 4. The summed E-state index contributed by atoms with van der Waals surface area (Å²) in [6, 6.07) is 7.15. The van der Waals surface area contributed by atoms with Gasteiger partial charge in [-0.2, -0.15) is 5.21 Å². The lowest BCUT2D eigenvalue weighted by atomic mass is 9.57. The highest BCUT2D eigenvalue weighted by Gasteiger charge is 2.58. The van der Waals surface area contributed by atoms with Gasteiger partial charge in [0.1, 0.15) is 0 Å². The van der Waals surface area contributed by atoms with Gasteiger partial charge in [0.05, 0.1) is 0 Å². The van der Waals surface area contributed by atoms with Gasteiger partial charge in [0, 0.05) is 41.0 Å². The lowest BCUT2D eigenvalue weighted by molar-refractivity contribution is -0.150. The van der Waals surface area contributed by atoms with E-state index in [2.05, 4.69) is 68.8 Å². The van der Waals surface area contributed by atoms with Crippen molar-refractivity contribution in [2.75, 3.05) is 0 Å². The largest absolute Gasteiger partial charge is 0.361 e. The van der Waals surface area contributed by atoms with Crippen molar-refractivity contribution in [2.45, 2.75) is 88.1 Å². The SMILES string of the molecule is CCC1CC2(c3nn[nH]n3)CC(C2)N1C(=O)CC(C)c1c[nH]c2cccc(C3CC3)c12. The average Bonchev–Trinajstić information content (AvgIpc) is 3.27. The molecule has 2 aliphatic heterocycles. The number of piperidine rings is 2. The maximum Gasteiger partial charge on any atom is 0.223 e. The van der Waals surface area contributed by atoms with Gasteiger partial charge in [-0.15, -0.1) is 10.2 Å². The topological polar surface area (TPSA) is 90.6 Å². The first-order chi connectivity index (χ1) is 15.1. The molecule has 2 unspecified atom stereocenters. The predicted molar refractivity (Wildman–Crippen MR) is 118 cm³/mol. The molecule has 2 N–H and O–H groups in total. The van der Waals surface area contributed by atoms with Crippen LogP contribution in [0.15, 0.2) is 24.4 Å². The zero-order valence-electron chi connectivity index (χ0n) is 18.3. The smallest absolute Gasteiger partial charge is 0.223 e. The van der Waals surface area contributed by atoms with Crippen LogP contribution in [0.5, 0.6) is 0 Å². The lowest BCUT2D eigenvalue weighted by Crippen LogP contribution is -2.65. The number of tetrazole rings is 1. The summed E-state index contributed by atoms with van der Waals surface area (Å²) in [6.45, 7) is 4.39. The Labute approximate surface area is 182 Å². The zero-order chi connectivity index (χ0) is 21.2. The highest BCUT2D eigenvalue weighted by molar-refractivity contribution is 5.89. The van der Waals surface area contributed by atoms with E-state index in [9.17, 15) is 4.79 Å². The monoisotopic (exact) mass is 418 g/mol. The number of amides is 1. The number of hydrogen-bond donors (Lipinski definition) is 2. The van der Waals surface area contributed by atoms with E-state index < -0.39 is 0 Å². The number of rotatable bonds is 6. The molecule has 2 saturated heterocycles. The Morgan fingerprint density at radius 3 is 2.84 bits per heavy atom. The fourth-order valence-electron chi connectivity index (χ4n) is 6.30. The Morgan fingerprint density at radius 2 is 2.13 bits per heavy atom. The zero-order valence-corrected chi connectivity index (χ0v) is 18.3. The van der Waals surface area contributed by atoms with Crippen LogP contribution in [-0.4, -0.2) is 48.5 Å². The van der Waals surface area contributed by atoms with Crippen LogP contribution in [-0.2, 0) is 10.2 Å². The number of H-pyrrole nitrogens is 2. The summed E-state index contributed by atoms with van der Waals surface area (Å²) in [6.07, 6.45) is 9.10. The maximum atomic E-state index is 13.5. The van der Waals surface area contributed by atoms with Crippen molar-refractivity contribution < 1.29 is 4.79 Å². The van der Waals surface area contributed by atoms with Gasteiger partial charge in [-0.05, 0) is 67.6 Å². The predicted octanol–water partition coefficient (Wildman–Crippen LogP) is 4.16. The molecule has 2 saturated carbocycles. The Hall–Kier alpha value is -2.70. The molecule has 7 nitrogen and oxygen atoms in total. The number of fused-ring (bicyclic) bond motifs is 3. The summed E-state index contributed by atoms with van der Waals surface area (Å²) in [5.74, 6) is 2.02. The molecule has 4 heterocycles. The van der Waals surface area contributed by atoms with Gasteiger partial charge in [-0.3, -0.25) is 4.79 Å². The summed E-state index contributed by atoms with van der Waals surface area (Å²) in [7, 11) is 0. The van der Waals surface area contributed by atoms with E-state index in [1.807, 2.05) is 0 Å². The van der Waals surface area contributed by atoms with Crippen molar-refractivity contribution in [3.05, 3.63) is 41.3 Å². The normalized spacial score (nSPS) is 28.5. The highest BCUT2D eigenvalue weighted by atomic mass is 16.2. The molecule has 0 radical (unpaired) electrons. The van der Waals surface area contributed by atoms with Crippen molar-refractivity contribution in [3.63, 3.8) is 0 Å². The molecule has 4 aliphatic rings. The number of nitrogens with one attached hydrogen (secondary N) is 2. The van der Waals surface area contributed by atoms with E-state index >= 15 is 0 Å². The van der Waals surface area contributed by atoms with Gasteiger partial charge in [0.25, 0.3) is 0 Å². The Bertz CT molecular complexity index is 1110.